The van der Waals surface area contributed by atoms with Crippen LogP contribution in [0, 0.1) is 26.6 Å². The van der Waals surface area contributed by atoms with E-state index in [1.807, 2.05) is 0 Å². The molecule has 0 atom stereocenters. The molecule has 0 saturated heterocycles. The van der Waals surface area contributed by atoms with Crippen LogP contribution < -0.4 is 5.32 Å². The first-order valence-electron chi connectivity index (χ1n) is 6.70. The number of benzene rings is 1. The fourth-order valence-electron chi connectivity index (χ4n) is 2.30. The minimum absolute atomic E-state index is 0.251. The third kappa shape index (κ3) is 2.86. The third-order valence-corrected chi connectivity index (χ3v) is 3.50. The molecule has 6 heteroatoms. The number of nitrogens with one attached hydrogen (secondary N) is 2. The highest BCUT2D eigenvalue weighted by Gasteiger charge is 2.22. The molecule has 0 fully saturated rings. The monoisotopic (exact) mass is 304 g/mol. The fraction of sp³-hybridized carbons (Fsp3) is 0.250. The van der Waals surface area contributed by atoms with Crippen molar-refractivity contribution in [3.8, 4) is 0 Å². The number of carbonyl (C=O) groups excluding carboxylic acids is 2. The van der Waals surface area contributed by atoms with Gasteiger partial charge < -0.3 is 15.0 Å². The van der Waals surface area contributed by atoms with E-state index >= 15 is 0 Å². The van der Waals surface area contributed by atoms with E-state index in [2.05, 4.69) is 10.3 Å². The van der Waals surface area contributed by atoms with E-state index in [0.29, 0.717) is 22.5 Å². The van der Waals surface area contributed by atoms with Gasteiger partial charge in [0.05, 0.1) is 12.7 Å². The van der Waals surface area contributed by atoms with Gasteiger partial charge in [0.1, 0.15) is 11.5 Å². The van der Waals surface area contributed by atoms with E-state index in [1.165, 1.54) is 19.2 Å². The lowest BCUT2D eigenvalue weighted by atomic mass is 10.1. The summed E-state index contributed by atoms with van der Waals surface area (Å²) in [4.78, 5) is 27.0. The summed E-state index contributed by atoms with van der Waals surface area (Å²) in [5.41, 5.74) is 2.76. The van der Waals surface area contributed by atoms with Gasteiger partial charge in [0.15, 0.2) is 0 Å². The zero-order valence-electron chi connectivity index (χ0n) is 12.8. The first-order valence-corrected chi connectivity index (χ1v) is 6.70. The SMILES string of the molecule is COC(=O)c1c(C)[nH]c(C(=O)Nc2cc(F)ccc2C)c1C. The topological polar surface area (TPSA) is 71.2 Å². The van der Waals surface area contributed by atoms with Crippen molar-refractivity contribution in [3.05, 3.63) is 52.1 Å². The van der Waals surface area contributed by atoms with Crippen LogP contribution in [0.25, 0.3) is 0 Å². The number of aryl methyl sites for hydroxylation is 2. The van der Waals surface area contributed by atoms with Gasteiger partial charge in [-0.15, -0.1) is 0 Å². The molecule has 22 heavy (non-hydrogen) atoms. The van der Waals surface area contributed by atoms with Gasteiger partial charge >= 0.3 is 5.97 Å². The van der Waals surface area contributed by atoms with Gasteiger partial charge in [-0.3, -0.25) is 4.79 Å². The number of amides is 1. The number of halogens is 1. The lowest BCUT2D eigenvalue weighted by Crippen LogP contribution is -2.15. The van der Waals surface area contributed by atoms with Gasteiger partial charge in [0.25, 0.3) is 5.91 Å². The highest BCUT2D eigenvalue weighted by Crippen LogP contribution is 2.21. The number of rotatable bonds is 3. The molecule has 1 aromatic carbocycles. The van der Waals surface area contributed by atoms with Crippen LogP contribution in [0.3, 0.4) is 0 Å². The Labute approximate surface area is 127 Å². The van der Waals surface area contributed by atoms with Gasteiger partial charge in [-0.05, 0) is 44.0 Å². The summed E-state index contributed by atoms with van der Waals surface area (Å²) in [5.74, 6) is -1.38. The van der Waals surface area contributed by atoms with Crippen molar-refractivity contribution in [2.75, 3.05) is 12.4 Å². The van der Waals surface area contributed by atoms with Gasteiger partial charge in [0.2, 0.25) is 0 Å². The maximum Gasteiger partial charge on any atom is 0.339 e. The van der Waals surface area contributed by atoms with Crippen molar-refractivity contribution >= 4 is 17.6 Å². The Morgan fingerprint density at radius 1 is 1.23 bits per heavy atom. The predicted molar refractivity (Wildman–Crippen MR) is 80.7 cm³/mol. The zero-order chi connectivity index (χ0) is 16.4. The average molecular weight is 304 g/mol. The molecule has 2 rings (SSSR count). The predicted octanol–water partition coefficient (Wildman–Crippen LogP) is 3.12. The van der Waals surface area contributed by atoms with E-state index in [9.17, 15) is 14.0 Å². The van der Waals surface area contributed by atoms with Crippen LogP contribution in [0.15, 0.2) is 18.2 Å². The molecule has 2 N–H and O–H groups in total. The Balaban J connectivity index is 2.35. The van der Waals surface area contributed by atoms with Crippen LogP contribution in [0.5, 0.6) is 0 Å². The molecule has 0 saturated carbocycles. The molecule has 0 unspecified atom stereocenters. The van der Waals surface area contributed by atoms with E-state index in [0.717, 1.165) is 5.56 Å². The maximum atomic E-state index is 13.3. The highest BCUT2D eigenvalue weighted by atomic mass is 19.1. The molecule has 0 aliphatic rings. The second kappa shape index (κ2) is 6.01. The molecule has 1 amide bonds. The molecule has 1 heterocycles. The lowest BCUT2D eigenvalue weighted by Gasteiger charge is -2.08. The van der Waals surface area contributed by atoms with Crippen molar-refractivity contribution in [2.24, 2.45) is 0 Å². The first kappa shape index (κ1) is 15.8. The summed E-state index contributed by atoms with van der Waals surface area (Å²) in [6, 6.07) is 4.15. The Morgan fingerprint density at radius 2 is 1.91 bits per heavy atom. The molecule has 1 aromatic heterocycles. The normalized spacial score (nSPS) is 10.4. The van der Waals surface area contributed by atoms with E-state index in [-0.39, 0.29) is 5.69 Å². The number of carbonyl (C=O) groups is 2. The second-order valence-corrected chi connectivity index (χ2v) is 5.03. The smallest absolute Gasteiger partial charge is 0.339 e. The molecule has 0 spiro atoms. The summed E-state index contributed by atoms with van der Waals surface area (Å²) in [7, 11) is 1.28. The summed E-state index contributed by atoms with van der Waals surface area (Å²) in [5, 5.41) is 2.64. The molecule has 2 aromatic rings. The van der Waals surface area contributed by atoms with Gasteiger partial charge in [-0.25, -0.2) is 9.18 Å². The van der Waals surface area contributed by atoms with Crippen LogP contribution >= 0.6 is 0 Å². The molecular formula is C16H17FN2O3. The number of hydrogen-bond acceptors (Lipinski definition) is 3. The standard InChI is InChI=1S/C16H17FN2O3/c1-8-5-6-11(17)7-12(8)19-15(20)14-9(2)13(10(3)18-14)16(21)22-4/h5-7,18H,1-4H3,(H,19,20). The Bertz CT molecular complexity index is 750. The largest absolute Gasteiger partial charge is 0.465 e. The van der Waals surface area contributed by atoms with Crippen molar-refractivity contribution in [1.82, 2.24) is 4.98 Å². The number of hydrogen-bond donors (Lipinski definition) is 2. The highest BCUT2D eigenvalue weighted by molar-refractivity contribution is 6.07. The van der Waals surface area contributed by atoms with Crippen LogP contribution in [-0.4, -0.2) is 24.0 Å². The third-order valence-electron chi connectivity index (χ3n) is 3.50. The molecular weight excluding hydrogens is 287 g/mol. The van der Waals surface area contributed by atoms with Crippen LogP contribution in [-0.2, 0) is 4.74 Å². The molecule has 0 radical (unpaired) electrons. The van der Waals surface area contributed by atoms with E-state index in [1.54, 1.807) is 26.8 Å². The zero-order valence-corrected chi connectivity index (χ0v) is 12.8. The van der Waals surface area contributed by atoms with Crippen LogP contribution in [0.1, 0.15) is 37.7 Å². The number of esters is 1. The molecule has 116 valence electrons. The molecule has 0 aliphatic heterocycles. The van der Waals surface area contributed by atoms with Crippen molar-refractivity contribution in [3.63, 3.8) is 0 Å². The van der Waals surface area contributed by atoms with Gasteiger partial charge in [0, 0.05) is 11.4 Å². The number of anilines is 1. The molecule has 5 nitrogen and oxygen atoms in total. The quantitative estimate of drug-likeness (QED) is 0.856. The summed E-state index contributed by atoms with van der Waals surface area (Å²) < 4.78 is 18.0. The van der Waals surface area contributed by atoms with E-state index in [4.69, 9.17) is 4.74 Å². The second-order valence-electron chi connectivity index (χ2n) is 5.03. The van der Waals surface area contributed by atoms with Crippen LogP contribution in [0.4, 0.5) is 10.1 Å². The minimum atomic E-state index is -0.507. The lowest BCUT2D eigenvalue weighted by molar-refractivity contribution is 0.0599. The number of aromatic amines is 1. The molecule has 0 bridgehead atoms. The van der Waals surface area contributed by atoms with Gasteiger partial charge in [-0.2, -0.15) is 0 Å². The Kier molecular flexibility index (Phi) is 4.30. The average Bonchev–Trinajstić information content (AvgIpc) is 2.77. The summed E-state index contributed by atoms with van der Waals surface area (Å²) >= 11 is 0. The number of H-pyrrole nitrogens is 1. The minimum Gasteiger partial charge on any atom is -0.465 e. The van der Waals surface area contributed by atoms with Crippen molar-refractivity contribution in [1.29, 1.82) is 0 Å². The Hall–Kier alpha value is -2.63. The van der Waals surface area contributed by atoms with Crippen molar-refractivity contribution < 1.29 is 18.7 Å². The maximum absolute atomic E-state index is 13.3. The fourth-order valence-corrected chi connectivity index (χ4v) is 2.30. The van der Waals surface area contributed by atoms with Crippen LogP contribution in [0.2, 0.25) is 0 Å². The van der Waals surface area contributed by atoms with E-state index < -0.39 is 17.7 Å². The van der Waals surface area contributed by atoms with Crippen molar-refractivity contribution in [2.45, 2.75) is 20.8 Å². The summed E-state index contributed by atoms with van der Waals surface area (Å²) in [6.07, 6.45) is 0. The summed E-state index contributed by atoms with van der Waals surface area (Å²) in [6.45, 7) is 5.11. The van der Waals surface area contributed by atoms with Gasteiger partial charge in [-0.1, -0.05) is 6.07 Å². The number of aromatic nitrogens is 1. The first-order chi connectivity index (χ1) is 10.3. The number of methoxy groups -OCH3 is 1. The molecule has 0 aliphatic carbocycles. The Morgan fingerprint density at radius 3 is 2.55 bits per heavy atom. The number of ether oxygens (including phenoxy) is 1.